The lowest BCUT2D eigenvalue weighted by atomic mass is 10.2. The van der Waals surface area contributed by atoms with Crippen LogP contribution in [-0.4, -0.2) is 11.1 Å². The van der Waals surface area contributed by atoms with Gasteiger partial charge in [0, 0.05) is 0 Å². The molecule has 2 heteroatoms. The Labute approximate surface area is 98.3 Å². The van der Waals surface area contributed by atoms with Crippen molar-refractivity contribution in [3.63, 3.8) is 0 Å². The highest BCUT2D eigenvalue weighted by atomic mass is 16.4. The summed E-state index contributed by atoms with van der Waals surface area (Å²) >= 11 is 0. The van der Waals surface area contributed by atoms with Gasteiger partial charge in [-0.3, -0.25) is 0 Å². The molecule has 1 aromatic rings. The predicted octanol–water partition coefficient (Wildman–Crippen LogP) is 4.36. The third-order valence-corrected chi connectivity index (χ3v) is 2.23. The fourth-order valence-corrected chi connectivity index (χ4v) is 1.26. The van der Waals surface area contributed by atoms with Gasteiger partial charge in [-0.15, -0.1) is 0 Å². The first kappa shape index (κ1) is 14.7. The smallest absolute Gasteiger partial charge is 0.335 e. The van der Waals surface area contributed by atoms with E-state index < -0.39 is 5.97 Å². The molecule has 16 heavy (non-hydrogen) atoms. The van der Waals surface area contributed by atoms with Crippen LogP contribution in [0.2, 0.25) is 0 Å². The Morgan fingerprint density at radius 2 is 1.50 bits per heavy atom. The topological polar surface area (TPSA) is 37.3 Å². The molecule has 2 nitrogen and oxygen atoms in total. The first-order valence-electron chi connectivity index (χ1n) is 6.00. The van der Waals surface area contributed by atoms with Gasteiger partial charge in [0.25, 0.3) is 0 Å². The van der Waals surface area contributed by atoms with Crippen molar-refractivity contribution in [2.75, 3.05) is 0 Å². The molecular formula is C14H22O2. The minimum absolute atomic E-state index is 0.331. The maximum Gasteiger partial charge on any atom is 0.335 e. The Balaban J connectivity index is 0.000000293. The molecule has 0 radical (unpaired) electrons. The molecule has 1 aromatic carbocycles. The van der Waals surface area contributed by atoms with E-state index in [0.717, 1.165) is 0 Å². The van der Waals surface area contributed by atoms with Crippen LogP contribution < -0.4 is 0 Å². The fourth-order valence-electron chi connectivity index (χ4n) is 1.26. The maximum absolute atomic E-state index is 10.2. The standard InChI is InChI=1S/C7H6O2.C7H16/c8-7(9)6-4-2-1-3-5-6;1-3-5-7-6-4-2/h1-5H,(H,8,9);3-7H2,1-2H3. The molecular weight excluding hydrogens is 200 g/mol. The minimum atomic E-state index is -0.879. The monoisotopic (exact) mass is 222 g/mol. The number of benzene rings is 1. The van der Waals surface area contributed by atoms with Crippen LogP contribution in [0.4, 0.5) is 0 Å². The molecule has 90 valence electrons. The molecule has 0 unspecified atom stereocenters. The number of aromatic carboxylic acids is 1. The number of hydrogen-bond donors (Lipinski definition) is 1. The van der Waals surface area contributed by atoms with E-state index in [-0.39, 0.29) is 0 Å². The van der Waals surface area contributed by atoms with Gasteiger partial charge < -0.3 is 5.11 Å². The molecule has 0 aliphatic carbocycles. The molecule has 0 saturated heterocycles. The van der Waals surface area contributed by atoms with E-state index in [1.807, 2.05) is 0 Å². The highest BCUT2D eigenvalue weighted by molar-refractivity contribution is 5.87. The summed E-state index contributed by atoms with van der Waals surface area (Å²) in [6, 6.07) is 8.30. The van der Waals surface area contributed by atoms with Gasteiger partial charge in [-0.1, -0.05) is 64.2 Å². The summed E-state index contributed by atoms with van der Waals surface area (Å²) in [6.07, 6.45) is 7.01. The molecule has 0 amide bonds. The summed E-state index contributed by atoms with van der Waals surface area (Å²) in [5, 5.41) is 8.38. The van der Waals surface area contributed by atoms with E-state index in [4.69, 9.17) is 5.11 Å². The van der Waals surface area contributed by atoms with Crippen molar-refractivity contribution >= 4 is 5.97 Å². The van der Waals surface area contributed by atoms with Crippen molar-refractivity contribution in [3.8, 4) is 0 Å². The summed E-state index contributed by atoms with van der Waals surface area (Å²) in [5.41, 5.74) is 0.331. The minimum Gasteiger partial charge on any atom is -0.478 e. The molecule has 1 N–H and O–H groups in total. The number of carboxylic acids is 1. The molecule has 0 aliphatic heterocycles. The number of carbonyl (C=O) groups is 1. The van der Waals surface area contributed by atoms with Crippen molar-refractivity contribution in [1.82, 2.24) is 0 Å². The number of rotatable bonds is 5. The third kappa shape index (κ3) is 8.04. The Bertz CT molecular complexity index is 263. The lowest BCUT2D eigenvalue weighted by Crippen LogP contribution is -1.93. The van der Waals surface area contributed by atoms with Gasteiger partial charge in [-0.25, -0.2) is 4.79 Å². The Kier molecular flexibility index (Phi) is 9.38. The van der Waals surface area contributed by atoms with Crippen LogP contribution in [0.25, 0.3) is 0 Å². The van der Waals surface area contributed by atoms with E-state index in [2.05, 4.69) is 13.8 Å². The van der Waals surface area contributed by atoms with E-state index >= 15 is 0 Å². The van der Waals surface area contributed by atoms with E-state index in [9.17, 15) is 4.79 Å². The molecule has 0 fully saturated rings. The Hall–Kier alpha value is -1.31. The predicted molar refractivity (Wildman–Crippen MR) is 67.8 cm³/mol. The molecule has 0 spiro atoms. The van der Waals surface area contributed by atoms with Gasteiger partial charge in [0.1, 0.15) is 0 Å². The zero-order valence-corrected chi connectivity index (χ0v) is 10.3. The van der Waals surface area contributed by atoms with Crippen LogP contribution in [0.3, 0.4) is 0 Å². The molecule has 0 bridgehead atoms. The summed E-state index contributed by atoms with van der Waals surface area (Å²) < 4.78 is 0. The number of carboxylic acid groups (broad SMARTS) is 1. The Morgan fingerprint density at radius 3 is 1.81 bits per heavy atom. The summed E-state index contributed by atoms with van der Waals surface area (Å²) in [5.74, 6) is -0.879. The van der Waals surface area contributed by atoms with Gasteiger partial charge in [-0.05, 0) is 12.1 Å². The van der Waals surface area contributed by atoms with Gasteiger partial charge >= 0.3 is 5.97 Å². The van der Waals surface area contributed by atoms with Gasteiger partial charge in [-0.2, -0.15) is 0 Å². The van der Waals surface area contributed by atoms with Crippen LogP contribution in [0.5, 0.6) is 0 Å². The normalized spacial score (nSPS) is 9.12. The highest BCUT2D eigenvalue weighted by Gasteiger charge is 1.96. The van der Waals surface area contributed by atoms with Gasteiger partial charge in [0.05, 0.1) is 5.56 Å². The second-order valence-corrected chi connectivity index (χ2v) is 3.73. The highest BCUT2D eigenvalue weighted by Crippen LogP contribution is 2.00. The summed E-state index contributed by atoms with van der Waals surface area (Å²) in [7, 11) is 0. The SMILES string of the molecule is CCCCCCC.O=C(O)c1ccccc1. The fraction of sp³-hybridized carbons (Fsp3) is 0.500. The second-order valence-electron chi connectivity index (χ2n) is 3.73. The van der Waals surface area contributed by atoms with Crippen LogP contribution in [0.1, 0.15) is 56.3 Å². The van der Waals surface area contributed by atoms with Crippen molar-refractivity contribution in [3.05, 3.63) is 35.9 Å². The van der Waals surface area contributed by atoms with E-state index in [1.165, 1.54) is 32.1 Å². The van der Waals surface area contributed by atoms with E-state index in [1.54, 1.807) is 30.3 Å². The Morgan fingerprint density at radius 1 is 1.00 bits per heavy atom. The number of hydrogen-bond acceptors (Lipinski definition) is 1. The molecule has 0 heterocycles. The van der Waals surface area contributed by atoms with Crippen LogP contribution in [0, 0.1) is 0 Å². The quantitative estimate of drug-likeness (QED) is 0.751. The summed E-state index contributed by atoms with van der Waals surface area (Å²) in [6.45, 7) is 4.49. The van der Waals surface area contributed by atoms with Crippen LogP contribution >= 0.6 is 0 Å². The zero-order chi connectivity index (χ0) is 12.2. The largest absolute Gasteiger partial charge is 0.478 e. The van der Waals surface area contributed by atoms with Crippen molar-refractivity contribution in [1.29, 1.82) is 0 Å². The molecule has 0 atom stereocenters. The van der Waals surface area contributed by atoms with Crippen molar-refractivity contribution in [2.24, 2.45) is 0 Å². The molecule has 1 rings (SSSR count). The van der Waals surface area contributed by atoms with Crippen LogP contribution in [-0.2, 0) is 0 Å². The van der Waals surface area contributed by atoms with Gasteiger partial charge in [0.15, 0.2) is 0 Å². The second kappa shape index (κ2) is 10.2. The number of unbranched alkanes of at least 4 members (excludes halogenated alkanes) is 4. The van der Waals surface area contributed by atoms with Crippen molar-refractivity contribution in [2.45, 2.75) is 46.0 Å². The molecule has 0 aromatic heterocycles. The zero-order valence-electron chi connectivity index (χ0n) is 10.3. The molecule has 0 aliphatic rings. The lowest BCUT2D eigenvalue weighted by Gasteiger charge is -1.90. The van der Waals surface area contributed by atoms with Crippen LogP contribution in [0.15, 0.2) is 30.3 Å². The van der Waals surface area contributed by atoms with E-state index in [0.29, 0.717) is 5.56 Å². The first-order valence-corrected chi connectivity index (χ1v) is 6.00. The average molecular weight is 222 g/mol. The maximum atomic E-state index is 10.2. The lowest BCUT2D eigenvalue weighted by molar-refractivity contribution is 0.0697. The first-order chi connectivity index (χ1) is 7.72. The average Bonchev–Trinajstić information content (AvgIpc) is 2.32. The third-order valence-electron chi connectivity index (χ3n) is 2.23. The summed E-state index contributed by atoms with van der Waals surface area (Å²) in [4.78, 5) is 10.2. The van der Waals surface area contributed by atoms with Crippen molar-refractivity contribution < 1.29 is 9.90 Å². The molecule has 0 saturated carbocycles. The van der Waals surface area contributed by atoms with Gasteiger partial charge in [0.2, 0.25) is 0 Å².